The van der Waals surface area contributed by atoms with E-state index in [2.05, 4.69) is 32.9 Å². The quantitative estimate of drug-likeness (QED) is 0.475. The molecule has 1 heterocycles. The summed E-state index contributed by atoms with van der Waals surface area (Å²) in [6, 6.07) is 12.7. The summed E-state index contributed by atoms with van der Waals surface area (Å²) in [7, 11) is 0. The molecule has 3 rings (SSSR count). The maximum absolute atomic E-state index is 12.2. The molecule has 0 aliphatic carbocycles. The molecule has 0 atom stereocenters. The predicted octanol–water partition coefficient (Wildman–Crippen LogP) is 5.97. The van der Waals surface area contributed by atoms with Crippen molar-refractivity contribution in [3.05, 3.63) is 67.0 Å². The van der Waals surface area contributed by atoms with E-state index in [0.717, 1.165) is 14.8 Å². The van der Waals surface area contributed by atoms with Gasteiger partial charge in [-0.1, -0.05) is 35.3 Å². The molecule has 23 heavy (non-hydrogen) atoms. The number of hydrogen-bond acceptors (Lipinski definition) is 3. The van der Waals surface area contributed by atoms with Crippen molar-refractivity contribution in [2.45, 2.75) is 0 Å². The first-order chi connectivity index (χ1) is 11.0. The molecule has 0 spiro atoms. The molecule has 0 aliphatic heterocycles. The van der Waals surface area contributed by atoms with Crippen molar-refractivity contribution in [2.75, 3.05) is 5.32 Å². The van der Waals surface area contributed by atoms with Gasteiger partial charge in [-0.3, -0.25) is 10.1 Å². The van der Waals surface area contributed by atoms with Crippen LogP contribution in [0.15, 0.2) is 47.8 Å². The third-order valence-electron chi connectivity index (χ3n) is 2.99. The topological polar surface area (TPSA) is 42.0 Å². The number of carbonyl (C=O) groups excluding carboxylic acids is 1. The monoisotopic (exact) mass is 474 g/mol. The van der Waals surface area contributed by atoms with Crippen LogP contribution in [0.25, 0.3) is 11.3 Å². The fourth-order valence-corrected chi connectivity index (χ4v) is 3.54. The molecule has 0 aliphatic rings. The van der Waals surface area contributed by atoms with Gasteiger partial charge < -0.3 is 0 Å². The number of nitrogens with zero attached hydrogens (tertiary/aromatic N) is 1. The average Bonchev–Trinajstić information content (AvgIpc) is 2.95. The third-order valence-corrected chi connectivity index (χ3v) is 4.90. The number of thiazole rings is 1. The van der Waals surface area contributed by atoms with Crippen LogP contribution in [-0.4, -0.2) is 10.9 Å². The van der Waals surface area contributed by atoms with Crippen LogP contribution in [0, 0.1) is 3.57 Å². The number of aromatic nitrogens is 1. The summed E-state index contributed by atoms with van der Waals surface area (Å²) in [5.41, 5.74) is 2.23. The Hall–Kier alpha value is -1.15. The summed E-state index contributed by atoms with van der Waals surface area (Å²) in [5, 5.41) is 6.03. The first-order valence-electron chi connectivity index (χ1n) is 6.50. The number of rotatable bonds is 3. The van der Waals surface area contributed by atoms with Crippen LogP contribution in [0.2, 0.25) is 10.0 Å². The standard InChI is InChI=1S/C16H9Cl2IN2OS/c17-11-5-10(6-12(18)7-11)15(22)21-16-20-14(8-23-16)9-1-3-13(19)4-2-9/h1-8H,(H,20,21,22). The number of nitrogens with one attached hydrogen (secondary N) is 1. The maximum atomic E-state index is 12.2. The van der Waals surface area contributed by atoms with E-state index in [-0.39, 0.29) is 5.91 Å². The van der Waals surface area contributed by atoms with Gasteiger partial charge in [-0.15, -0.1) is 11.3 Å². The van der Waals surface area contributed by atoms with Gasteiger partial charge in [0.15, 0.2) is 5.13 Å². The van der Waals surface area contributed by atoms with E-state index in [1.165, 1.54) is 11.3 Å². The van der Waals surface area contributed by atoms with E-state index < -0.39 is 0 Å². The zero-order valence-corrected chi connectivity index (χ0v) is 16.0. The minimum absolute atomic E-state index is 0.294. The molecule has 1 amide bonds. The van der Waals surface area contributed by atoms with Gasteiger partial charge in [-0.2, -0.15) is 0 Å². The highest BCUT2D eigenvalue weighted by atomic mass is 127. The second-order valence-corrected chi connectivity index (χ2v) is 7.63. The van der Waals surface area contributed by atoms with Crippen molar-refractivity contribution in [1.82, 2.24) is 4.98 Å². The van der Waals surface area contributed by atoms with E-state index >= 15 is 0 Å². The Balaban J connectivity index is 1.78. The van der Waals surface area contributed by atoms with Gasteiger partial charge in [-0.25, -0.2) is 4.98 Å². The molecule has 7 heteroatoms. The summed E-state index contributed by atoms with van der Waals surface area (Å²) in [6.07, 6.45) is 0. The highest BCUT2D eigenvalue weighted by molar-refractivity contribution is 14.1. The number of anilines is 1. The van der Waals surface area contributed by atoms with Crippen molar-refractivity contribution >= 4 is 68.2 Å². The van der Waals surface area contributed by atoms with Gasteiger partial charge in [0.25, 0.3) is 5.91 Å². The van der Waals surface area contributed by atoms with Gasteiger partial charge in [0.2, 0.25) is 0 Å². The molecule has 2 aromatic carbocycles. The van der Waals surface area contributed by atoms with Crippen LogP contribution < -0.4 is 5.32 Å². The summed E-state index contributed by atoms with van der Waals surface area (Å²) in [5.74, 6) is -0.294. The Bertz CT molecular complexity index is 845. The minimum atomic E-state index is -0.294. The molecule has 1 N–H and O–H groups in total. The average molecular weight is 475 g/mol. The van der Waals surface area contributed by atoms with Crippen LogP contribution in [0.1, 0.15) is 10.4 Å². The number of carbonyl (C=O) groups is 1. The van der Waals surface area contributed by atoms with Gasteiger partial charge in [0.1, 0.15) is 0 Å². The molecule has 116 valence electrons. The second-order valence-electron chi connectivity index (χ2n) is 4.66. The number of halogens is 3. The Morgan fingerprint density at radius 2 is 1.74 bits per heavy atom. The van der Waals surface area contributed by atoms with Crippen LogP contribution in [0.4, 0.5) is 5.13 Å². The molecular weight excluding hydrogens is 466 g/mol. The molecule has 0 radical (unpaired) electrons. The van der Waals surface area contributed by atoms with Crippen LogP contribution in [0.3, 0.4) is 0 Å². The molecule has 3 aromatic rings. The predicted molar refractivity (Wildman–Crippen MR) is 105 cm³/mol. The fraction of sp³-hybridized carbons (Fsp3) is 0. The lowest BCUT2D eigenvalue weighted by molar-refractivity contribution is 0.102. The van der Waals surface area contributed by atoms with Crippen molar-refractivity contribution < 1.29 is 4.79 Å². The Morgan fingerprint density at radius 1 is 1.09 bits per heavy atom. The van der Waals surface area contributed by atoms with Crippen molar-refractivity contribution in [3.63, 3.8) is 0 Å². The molecular formula is C16H9Cl2IN2OS. The lowest BCUT2D eigenvalue weighted by Crippen LogP contribution is -2.11. The van der Waals surface area contributed by atoms with Crippen LogP contribution in [-0.2, 0) is 0 Å². The largest absolute Gasteiger partial charge is 0.298 e. The van der Waals surface area contributed by atoms with Gasteiger partial charge in [0.05, 0.1) is 5.69 Å². The van der Waals surface area contributed by atoms with Crippen molar-refractivity contribution in [2.24, 2.45) is 0 Å². The molecule has 0 saturated carbocycles. The molecule has 0 saturated heterocycles. The number of benzene rings is 2. The van der Waals surface area contributed by atoms with Crippen molar-refractivity contribution in [1.29, 1.82) is 0 Å². The molecule has 3 nitrogen and oxygen atoms in total. The zero-order valence-electron chi connectivity index (χ0n) is 11.5. The molecule has 1 aromatic heterocycles. The Morgan fingerprint density at radius 3 is 2.39 bits per heavy atom. The molecule has 0 unspecified atom stereocenters. The highest BCUT2D eigenvalue weighted by Gasteiger charge is 2.11. The fourth-order valence-electron chi connectivity index (χ4n) is 1.94. The maximum Gasteiger partial charge on any atom is 0.257 e. The third kappa shape index (κ3) is 4.23. The van der Waals surface area contributed by atoms with Crippen LogP contribution >= 0.6 is 57.1 Å². The summed E-state index contributed by atoms with van der Waals surface area (Å²) in [6.45, 7) is 0. The Labute approximate surface area is 160 Å². The normalized spacial score (nSPS) is 10.6. The van der Waals surface area contributed by atoms with Gasteiger partial charge >= 0.3 is 0 Å². The van der Waals surface area contributed by atoms with Gasteiger partial charge in [0, 0.05) is 30.1 Å². The van der Waals surface area contributed by atoms with E-state index in [0.29, 0.717) is 20.7 Å². The lowest BCUT2D eigenvalue weighted by Gasteiger charge is -2.03. The summed E-state index contributed by atoms with van der Waals surface area (Å²) >= 11 is 15.5. The lowest BCUT2D eigenvalue weighted by atomic mass is 10.2. The first-order valence-corrected chi connectivity index (χ1v) is 9.21. The zero-order chi connectivity index (χ0) is 16.4. The second kappa shape index (κ2) is 7.17. The number of amides is 1. The van der Waals surface area contributed by atoms with E-state index in [1.54, 1.807) is 18.2 Å². The summed E-state index contributed by atoms with van der Waals surface area (Å²) < 4.78 is 1.16. The highest BCUT2D eigenvalue weighted by Crippen LogP contribution is 2.26. The van der Waals surface area contributed by atoms with E-state index in [9.17, 15) is 4.79 Å². The number of hydrogen-bond donors (Lipinski definition) is 1. The molecule has 0 bridgehead atoms. The van der Waals surface area contributed by atoms with Crippen LogP contribution in [0.5, 0.6) is 0 Å². The first kappa shape index (κ1) is 16.7. The van der Waals surface area contributed by atoms with E-state index in [4.69, 9.17) is 23.2 Å². The molecule has 0 fully saturated rings. The van der Waals surface area contributed by atoms with Crippen molar-refractivity contribution in [3.8, 4) is 11.3 Å². The smallest absolute Gasteiger partial charge is 0.257 e. The summed E-state index contributed by atoms with van der Waals surface area (Å²) in [4.78, 5) is 16.7. The minimum Gasteiger partial charge on any atom is -0.298 e. The van der Waals surface area contributed by atoms with Gasteiger partial charge in [-0.05, 0) is 52.9 Å². The van der Waals surface area contributed by atoms with E-state index in [1.807, 2.05) is 29.6 Å². The Kier molecular flexibility index (Phi) is 5.21. The SMILES string of the molecule is O=C(Nc1nc(-c2ccc(I)cc2)cs1)c1cc(Cl)cc(Cl)c1.